The molecule has 0 saturated heterocycles. The number of hydrogen-bond acceptors (Lipinski definition) is 5. The molecular weight excluding hydrogens is 364 g/mol. The van der Waals surface area contributed by atoms with Crippen molar-refractivity contribution in [2.45, 2.75) is 57.5 Å². The Balaban J connectivity index is 1.36. The molecule has 4 aliphatic carbocycles. The van der Waals surface area contributed by atoms with Gasteiger partial charge in [-0.15, -0.1) is 11.3 Å². The summed E-state index contributed by atoms with van der Waals surface area (Å²) in [5, 5.41) is 7.89. The van der Waals surface area contributed by atoms with E-state index in [0.29, 0.717) is 24.8 Å². The molecule has 146 valence electrons. The molecule has 27 heavy (non-hydrogen) atoms. The van der Waals surface area contributed by atoms with Gasteiger partial charge in [-0.2, -0.15) is 0 Å². The van der Waals surface area contributed by atoms with E-state index >= 15 is 0 Å². The van der Waals surface area contributed by atoms with Crippen molar-refractivity contribution in [1.82, 2.24) is 10.6 Å². The lowest BCUT2D eigenvalue weighted by molar-refractivity contribution is -0.177. The standard InChI is InChI=1S/C20H26N2O4S/c1-13(23)22-20-8-14-5-15(9-20)7-19(6-14,12-20)18(25)26-11-17(24)21-10-16-3-2-4-27-16/h2-4,14-15H,5-12H2,1H3,(H,21,24)(H,22,23). The first-order chi connectivity index (χ1) is 12.9. The molecule has 2 atom stereocenters. The molecule has 4 bridgehead atoms. The molecule has 2 unspecified atom stereocenters. The van der Waals surface area contributed by atoms with Gasteiger partial charge in [0.05, 0.1) is 12.0 Å². The van der Waals surface area contributed by atoms with Crippen LogP contribution in [-0.4, -0.2) is 29.9 Å². The van der Waals surface area contributed by atoms with Crippen LogP contribution >= 0.6 is 11.3 Å². The summed E-state index contributed by atoms with van der Waals surface area (Å²) in [7, 11) is 0. The summed E-state index contributed by atoms with van der Waals surface area (Å²) in [4.78, 5) is 37.8. The number of carbonyl (C=O) groups is 3. The average molecular weight is 391 g/mol. The molecule has 5 rings (SSSR count). The highest BCUT2D eigenvalue weighted by Crippen LogP contribution is 2.62. The van der Waals surface area contributed by atoms with E-state index in [1.54, 1.807) is 18.3 Å². The highest BCUT2D eigenvalue weighted by Gasteiger charge is 2.61. The van der Waals surface area contributed by atoms with Gasteiger partial charge in [0.1, 0.15) is 0 Å². The van der Waals surface area contributed by atoms with Crippen molar-refractivity contribution in [1.29, 1.82) is 0 Å². The normalized spacial score (nSPS) is 33.5. The van der Waals surface area contributed by atoms with Crippen molar-refractivity contribution in [3.8, 4) is 0 Å². The largest absolute Gasteiger partial charge is 0.455 e. The Kier molecular flexibility index (Phi) is 4.74. The Morgan fingerprint density at radius 1 is 1.22 bits per heavy atom. The molecule has 0 aromatic carbocycles. The summed E-state index contributed by atoms with van der Waals surface area (Å²) in [5.41, 5.74) is -0.809. The second-order valence-corrected chi connectivity index (χ2v) is 9.67. The van der Waals surface area contributed by atoms with Crippen molar-refractivity contribution in [3.05, 3.63) is 22.4 Å². The van der Waals surface area contributed by atoms with Crippen molar-refractivity contribution < 1.29 is 19.1 Å². The van der Waals surface area contributed by atoms with E-state index in [0.717, 1.165) is 37.0 Å². The van der Waals surface area contributed by atoms with E-state index in [1.165, 1.54) is 0 Å². The minimum absolute atomic E-state index is 0.0339. The van der Waals surface area contributed by atoms with Crippen LogP contribution < -0.4 is 10.6 Å². The van der Waals surface area contributed by atoms with Gasteiger partial charge in [-0.05, 0) is 61.8 Å². The maximum absolute atomic E-state index is 12.9. The number of esters is 1. The van der Waals surface area contributed by atoms with Crippen molar-refractivity contribution in [2.24, 2.45) is 17.3 Å². The number of nitrogens with one attached hydrogen (secondary N) is 2. The van der Waals surface area contributed by atoms with Crippen LogP contribution in [0.2, 0.25) is 0 Å². The van der Waals surface area contributed by atoms with E-state index in [2.05, 4.69) is 10.6 Å². The van der Waals surface area contributed by atoms with E-state index in [-0.39, 0.29) is 29.9 Å². The van der Waals surface area contributed by atoms with Gasteiger partial charge in [-0.3, -0.25) is 14.4 Å². The third-order valence-electron chi connectivity index (χ3n) is 6.31. The number of rotatable bonds is 6. The molecule has 0 aliphatic heterocycles. The topological polar surface area (TPSA) is 84.5 Å². The maximum Gasteiger partial charge on any atom is 0.312 e. The van der Waals surface area contributed by atoms with E-state index in [9.17, 15) is 14.4 Å². The van der Waals surface area contributed by atoms with Gasteiger partial charge >= 0.3 is 5.97 Å². The highest BCUT2D eigenvalue weighted by molar-refractivity contribution is 7.09. The molecule has 0 spiro atoms. The predicted molar refractivity (Wildman–Crippen MR) is 101 cm³/mol. The first kappa shape index (κ1) is 18.5. The number of amides is 2. The molecule has 4 fully saturated rings. The molecule has 4 aliphatic rings. The fourth-order valence-electron chi connectivity index (χ4n) is 5.96. The zero-order valence-electron chi connectivity index (χ0n) is 15.6. The summed E-state index contributed by atoms with van der Waals surface area (Å²) in [6, 6.07) is 3.89. The molecule has 7 heteroatoms. The molecule has 1 heterocycles. The smallest absolute Gasteiger partial charge is 0.312 e. The monoisotopic (exact) mass is 390 g/mol. The molecule has 2 amide bonds. The van der Waals surface area contributed by atoms with Gasteiger partial charge in [0.2, 0.25) is 5.91 Å². The Hall–Kier alpha value is -1.89. The minimum atomic E-state index is -0.541. The third-order valence-corrected chi connectivity index (χ3v) is 7.19. The van der Waals surface area contributed by atoms with E-state index < -0.39 is 5.41 Å². The van der Waals surface area contributed by atoms with Gasteiger partial charge in [-0.25, -0.2) is 0 Å². The molecule has 6 nitrogen and oxygen atoms in total. The lowest BCUT2D eigenvalue weighted by Gasteiger charge is -2.60. The third kappa shape index (κ3) is 3.74. The van der Waals surface area contributed by atoms with Gasteiger partial charge in [-0.1, -0.05) is 6.07 Å². The molecule has 0 radical (unpaired) electrons. The Bertz CT molecular complexity index is 731. The van der Waals surface area contributed by atoms with E-state index in [4.69, 9.17) is 4.74 Å². The van der Waals surface area contributed by atoms with Crippen LogP contribution in [0.1, 0.15) is 50.3 Å². The molecule has 1 aromatic rings. The Morgan fingerprint density at radius 2 is 1.96 bits per heavy atom. The highest BCUT2D eigenvalue weighted by atomic mass is 32.1. The summed E-state index contributed by atoms with van der Waals surface area (Å²) in [6.07, 6.45) is 5.33. The SMILES string of the molecule is CC(=O)NC12CC3CC(C1)CC(C(=O)OCC(=O)NCc1cccs1)(C3)C2. The van der Waals surface area contributed by atoms with Gasteiger partial charge in [0.15, 0.2) is 6.61 Å². The van der Waals surface area contributed by atoms with Crippen molar-refractivity contribution >= 4 is 29.1 Å². The van der Waals surface area contributed by atoms with Crippen LogP contribution in [0.15, 0.2) is 17.5 Å². The lowest BCUT2D eigenvalue weighted by Crippen LogP contribution is -2.64. The van der Waals surface area contributed by atoms with Gasteiger partial charge in [0, 0.05) is 17.3 Å². The zero-order valence-corrected chi connectivity index (χ0v) is 16.4. The van der Waals surface area contributed by atoms with Crippen LogP contribution in [0.3, 0.4) is 0 Å². The number of ether oxygens (including phenoxy) is 1. The molecule has 2 N–H and O–H groups in total. The first-order valence-electron chi connectivity index (χ1n) is 9.63. The summed E-state index contributed by atoms with van der Waals surface area (Å²) in [5.74, 6) is 0.334. The Morgan fingerprint density at radius 3 is 2.59 bits per heavy atom. The predicted octanol–water partition coefficient (Wildman–Crippen LogP) is 2.38. The quantitative estimate of drug-likeness (QED) is 0.731. The number of thiophene rings is 1. The van der Waals surface area contributed by atoms with Crippen molar-refractivity contribution in [2.75, 3.05) is 6.61 Å². The van der Waals surface area contributed by atoms with Crippen LogP contribution in [0, 0.1) is 17.3 Å². The molecule has 1 aromatic heterocycles. The lowest BCUT2D eigenvalue weighted by atomic mass is 9.47. The summed E-state index contributed by atoms with van der Waals surface area (Å²) >= 11 is 1.58. The summed E-state index contributed by atoms with van der Waals surface area (Å²) in [6.45, 7) is 1.75. The average Bonchev–Trinajstić information content (AvgIpc) is 3.09. The second kappa shape index (κ2) is 6.93. The van der Waals surface area contributed by atoms with Crippen LogP contribution in [0.4, 0.5) is 0 Å². The fraction of sp³-hybridized carbons (Fsp3) is 0.650. The van der Waals surface area contributed by atoms with Crippen LogP contribution in [0.5, 0.6) is 0 Å². The number of carbonyl (C=O) groups excluding carboxylic acids is 3. The van der Waals surface area contributed by atoms with E-state index in [1.807, 2.05) is 17.5 Å². The second-order valence-electron chi connectivity index (χ2n) is 8.64. The Labute approximate surface area is 163 Å². The van der Waals surface area contributed by atoms with Crippen LogP contribution in [0.25, 0.3) is 0 Å². The zero-order chi connectivity index (χ0) is 19.1. The molecule has 4 saturated carbocycles. The first-order valence-corrected chi connectivity index (χ1v) is 10.5. The van der Waals surface area contributed by atoms with Gasteiger partial charge < -0.3 is 15.4 Å². The molecular formula is C20H26N2O4S. The summed E-state index contributed by atoms with van der Waals surface area (Å²) < 4.78 is 5.45. The van der Waals surface area contributed by atoms with Crippen molar-refractivity contribution in [3.63, 3.8) is 0 Å². The van der Waals surface area contributed by atoms with Gasteiger partial charge in [0.25, 0.3) is 5.91 Å². The fourth-order valence-corrected chi connectivity index (χ4v) is 6.60. The van der Waals surface area contributed by atoms with Crippen LogP contribution in [-0.2, 0) is 25.7 Å². The minimum Gasteiger partial charge on any atom is -0.455 e. The number of hydrogen-bond donors (Lipinski definition) is 2. The maximum atomic E-state index is 12.9.